The lowest BCUT2D eigenvalue weighted by Gasteiger charge is -2.12. The molecular formula is C15H14ClF2N7O2. The van der Waals surface area contributed by atoms with Crippen LogP contribution in [-0.2, 0) is 6.54 Å². The number of hydrogen-bond donors (Lipinski definition) is 5. The van der Waals surface area contributed by atoms with Crippen molar-refractivity contribution in [1.29, 1.82) is 5.53 Å². The standard InChI is InChI=1S/C15H14ClF2N7O2/c1-20-24-14(23-19)13-9(3-8(16)4-11(13)18)7-2-10(17)12(21-5-7)6-22-15(26)25-27/h2-5,19-20,27H,6H2,1H3,(H2,22,25,26)/b23-19?,24-14-. The van der Waals surface area contributed by atoms with Gasteiger partial charge in [0.2, 0.25) is 5.84 Å². The van der Waals surface area contributed by atoms with Crippen LogP contribution in [0.5, 0.6) is 0 Å². The van der Waals surface area contributed by atoms with Crippen LogP contribution in [-0.4, -0.2) is 29.1 Å². The molecule has 142 valence electrons. The summed E-state index contributed by atoms with van der Waals surface area (Å²) in [4.78, 5) is 14.8. The lowest BCUT2D eigenvalue weighted by molar-refractivity contribution is 0.161. The monoisotopic (exact) mass is 397 g/mol. The van der Waals surface area contributed by atoms with Crippen molar-refractivity contribution in [3.63, 3.8) is 0 Å². The molecule has 0 saturated carbocycles. The van der Waals surface area contributed by atoms with E-state index in [-0.39, 0.29) is 39.8 Å². The number of pyridine rings is 1. The first-order valence-corrected chi connectivity index (χ1v) is 7.73. The minimum atomic E-state index is -0.926. The van der Waals surface area contributed by atoms with Gasteiger partial charge in [0.25, 0.3) is 0 Å². The fourth-order valence-corrected chi connectivity index (χ4v) is 2.42. The average molecular weight is 398 g/mol. The van der Waals surface area contributed by atoms with Crippen molar-refractivity contribution in [2.45, 2.75) is 6.54 Å². The van der Waals surface area contributed by atoms with Crippen molar-refractivity contribution >= 4 is 23.5 Å². The molecule has 5 N–H and O–H groups in total. The van der Waals surface area contributed by atoms with Gasteiger partial charge in [-0.2, -0.15) is 5.10 Å². The van der Waals surface area contributed by atoms with Gasteiger partial charge in [0, 0.05) is 23.8 Å². The molecule has 0 aliphatic heterocycles. The summed E-state index contributed by atoms with van der Waals surface area (Å²) in [6.07, 6.45) is 1.24. The zero-order chi connectivity index (χ0) is 20.0. The molecule has 2 rings (SSSR count). The zero-order valence-corrected chi connectivity index (χ0v) is 14.6. The summed E-state index contributed by atoms with van der Waals surface area (Å²) < 4.78 is 28.8. The summed E-state index contributed by atoms with van der Waals surface area (Å²) in [6, 6.07) is 2.52. The normalized spacial score (nSPS) is 11.1. The number of nitrogens with one attached hydrogen (secondary N) is 4. The molecule has 0 radical (unpaired) electrons. The third kappa shape index (κ3) is 4.71. The first kappa shape index (κ1) is 20.1. The largest absolute Gasteiger partial charge is 0.338 e. The highest BCUT2D eigenvalue weighted by atomic mass is 35.5. The molecule has 9 nitrogen and oxygen atoms in total. The maximum atomic E-state index is 14.5. The van der Waals surface area contributed by atoms with Crippen LogP contribution in [0.25, 0.3) is 11.1 Å². The van der Waals surface area contributed by atoms with Crippen molar-refractivity contribution < 1.29 is 18.8 Å². The molecule has 27 heavy (non-hydrogen) atoms. The van der Waals surface area contributed by atoms with Gasteiger partial charge in [0.05, 0.1) is 17.8 Å². The van der Waals surface area contributed by atoms with Gasteiger partial charge in [0.15, 0.2) is 0 Å². The third-order valence-corrected chi connectivity index (χ3v) is 3.57. The van der Waals surface area contributed by atoms with E-state index in [0.717, 1.165) is 12.1 Å². The van der Waals surface area contributed by atoms with Gasteiger partial charge in [-0.3, -0.25) is 10.2 Å². The Hall–Kier alpha value is -3.18. The number of carbonyl (C=O) groups excluding carboxylic acids is 1. The van der Waals surface area contributed by atoms with E-state index in [0.29, 0.717) is 0 Å². The number of rotatable bonds is 5. The Morgan fingerprint density at radius 3 is 2.67 bits per heavy atom. The van der Waals surface area contributed by atoms with E-state index in [1.807, 2.05) is 0 Å². The van der Waals surface area contributed by atoms with E-state index >= 15 is 0 Å². The van der Waals surface area contributed by atoms with Crippen LogP contribution in [0, 0.1) is 17.2 Å². The van der Waals surface area contributed by atoms with Crippen molar-refractivity contribution in [2.75, 3.05) is 7.05 Å². The summed E-state index contributed by atoms with van der Waals surface area (Å²) in [7, 11) is 1.45. The molecule has 12 heteroatoms. The summed E-state index contributed by atoms with van der Waals surface area (Å²) in [6.45, 7) is -0.288. The van der Waals surface area contributed by atoms with E-state index < -0.39 is 17.7 Å². The average Bonchev–Trinajstić information content (AvgIpc) is 2.64. The molecule has 2 aromatic rings. The Morgan fingerprint density at radius 1 is 1.33 bits per heavy atom. The molecule has 1 heterocycles. The molecular weight excluding hydrogens is 384 g/mol. The van der Waals surface area contributed by atoms with Crippen molar-refractivity contribution in [2.24, 2.45) is 10.2 Å². The van der Waals surface area contributed by atoms with Crippen molar-refractivity contribution in [1.82, 2.24) is 21.2 Å². The number of hydrogen-bond acceptors (Lipinski definition) is 6. The SMILES string of the molecule is CN/N=C(\N=N)c1c(F)cc(Cl)cc1-c1cnc(CNC(=O)NO)c(F)c1. The van der Waals surface area contributed by atoms with Crippen LogP contribution in [0.2, 0.25) is 5.02 Å². The van der Waals surface area contributed by atoms with Crippen LogP contribution in [0.3, 0.4) is 0 Å². The molecule has 0 unspecified atom stereocenters. The fraction of sp³-hybridized carbons (Fsp3) is 0.133. The Morgan fingerprint density at radius 2 is 2.07 bits per heavy atom. The van der Waals surface area contributed by atoms with Crippen molar-refractivity contribution in [3.8, 4) is 11.1 Å². The van der Waals surface area contributed by atoms with Crippen LogP contribution in [0.15, 0.2) is 34.6 Å². The Kier molecular flexibility index (Phi) is 6.68. The molecule has 2 amide bonds. The molecule has 0 fully saturated rings. The van der Waals surface area contributed by atoms with Gasteiger partial charge in [0.1, 0.15) is 11.6 Å². The van der Waals surface area contributed by atoms with Crippen LogP contribution >= 0.6 is 11.6 Å². The lowest BCUT2D eigenvalue weighted by Crippen LogP contribution is -2.33. The molecule has 0 saturated heterocycles. The van der Waals surface area contributed by atoms with E-state index in [9.17, 15) is 13.6 Å². The zero-order valence-electron chi connectivity index (χ0n) is 13.8. The highest BCUT2D eigenvalue weighted by Gasteiger charge is 2.19. The molecule has 1 aromatic carbocycles. The highest BCUT2D eigenvalue weighted by Crippen LogP contribution is 2.30. The van der Waals surface area contributed by atoms with Crippen LogP contribution < -0.4 is 16.2 Å². The fourth-order valence-electron chi connectivity index (χ4n) is 2.22. The van der Waals surface area contributed by atoms with Crippen LogP contribution in [0.4, 0.5) is 13.6 Å². The summed E-state index contributed by atoms with van der Waals surface area (Å²) in [5, 5.41) is 17.5. The van der Waals surface area contributed by atoms with Gasteiger partial charge in [-0.15, -0.1) is 5.11 Å². The number of urea groups is 1. The predicted molar refractivity (Wildman–Crippen MR) is 92.5 cm³/mol. The number of benzene rings is 1. The predicted octanol–water partition coefficient (Wildman–Crippen LogP) is 2.78. The number of amides is 2. The smallest absolute Gasteiger partial charge is 0.331 e. The number of nitrogens with zero attached hydrogens (tertiary/aromatic N) is 3. The second-order valence-corrected chi connectivity index (χ2v) is 5.46. The first-order valence-electron chi connectivity index (χ1n) is 7.35. The molecule has 1 aromatic heterocycles. The number of aromatic nitrogens is 1. The minimum absolute atomic E-state index is 0.0470. The maximum Gasteiger partial charge on any atom is 0.338 e. The summed E-state index contributed by atoms with van der Waals surface area (Å²) >= 11 is 5.90. The molecule has 0 bridgehead atoms. The van der Waals surface area contributed by atoms with Gasteiger partial charge < -0.3 is 10.7 Å². The number of hydrazone groups is 1. The van der Waals surface area contributed by atoms with E-state index in [2.05, 4.69) is 25.9 Å². The van der Waals surface area contributed by atoms with Gasteiger partial charge in [-0.05, 0) is 23.8 Å². The van der Waals surface area contributed by atoms with E-state index in [4.69, 9.17) is 22.3 Å². The van der Waals surface area contributed by atoms with Crippen molar-refractivity contribution in [3.05, 3.63) is 52.3 Å². The number of hydroxylamine groups is 1. The van der Waals surface area contributed by atoms with Gasteiger partial charge >= 0.3 is 6.03 Å². The van der Waals surface area contributed by atoms with E-state index in [1.54, 1.807) is 0 Å². The van der Waals surface area contributed by atoms with Gasteiger partial charge in [-0.1, -0.05) is 11.6 Å². The Bertz CT molecular complexity index is 908. The third-order valence-electron chi connectivity index (χ3n) is 3.35. The minimum Gasteiger partial charge on any atom is -0.331 e. The molecule has 0 aliphatic carbocycles. The maximum absolute atomic E-state index is 14.5. The highest BCUT2D eigenvalue weighted by molar-refractivity contribution is 6.31. The number of carbonyl (C=O) groups is 1. The Balaban J connectivity index is 2.52. The molecule has 0 aliphatic rings. The number of amidine groups is 1. The lowest BCUT2D eigenvalue weighted by atomic mass is 9.99. The quantitative estimate of drug-likeness (QED) is 0.174. The second-order valence-electron chi connectivity index (χ2n) is 5.03. The summed E-state index contributed by atoms with van der Waals surface area (Å²) in [5.74, 6) is -1.85. The van der Waals surface area contributed by atoms with Crippen LogP contribution in [0.1, 0.15) is 11.3 Å². The van der Waals surface area contributed by atoms with E-state index in [1.165, 1.54) is 24.8 Å². The molecule has 0 atom stereocenters. The summed E-state index contributed by atoms with van der Waals surface area (Å²) in [5.41, 5.74) is 11.0. The Labute approximate surface area is 156 Å². The molecule has 0 spiro atoms. The van der Waals surface area contributed by atoms with Gasteiger partial charge in [-0.25, -0.2) is 24.6 Å². The second kappa shape index (κ2) is 8.96. The number of halogens is 3. The topological polar surface area (TPSA) is 135 Å². The first-order chi connectivity index (χ1) is 12.9.